The third-order valence-corrected chi connectivity index (χ3v) is 3.95. The molecule has 0 aliphatic heterocycles. The Hall–Kier alpha value is 0.0700. The molecule has 4 heteroatoms. The summed E-state index contributed by atoms with van der Waals surface area (Å²) in [6.07, 6.45) is -0.538. The van der Waals surface area contributed by atoms with Gasteiger partial charge in [0.15, 0.2) is 0 Å². The number of β-amino-alcohol motifs (C(OH)–C–C–N with tert-alkyl or cyclic N) is 1. The zero-order valence-corrected chi connectivity index (χ0v) is 11.6. The zero-order valence-electron chi connectivity index (χ0n) is 10.8. The van der Waals surface area contributed by atoms with Gasteiger partial charge in [0.2, 0.25) is 0 Å². The maximum absolute atomic E-state index is 11.7. The van der Waals surface area contributed by atoms with E-state index in [4.69, 9.17) is 0 Å². The minimum atomic E-state index is -0.986. The fourth-order valence-corrected chi connectivity index (χ4v) is 1.87. The molecule has 3 nitrogen and oxygen atoms in total. The molecular weight excluding hydrogens is 210 g/mol. The maximum atomic E-state index is 11.7. The van der Waals surface area contributed by atoms with Crippen molar-refractivity contribution in [2.24, 2.45) is 0 Å². The van der Waals surface area contributed by atoms with Crippen molar-refractivity contribution >= 4 is 10.8 Å². The molecule has 0 heterocycles. The molecule has 0 spiro atoms. The summed E-state index contributed by atoms with van der Waals surface area (Å²) in [5.41, 5.74) is -0.00972. The second-order valence-corrected chi connectivity index (χ2v) is 8.16. The molecule has 0 aromatic rings. The second-order valence-electron chi connectivity index (χ2n) is 5.91. The second kappa shape index (κ2) is 5.41. The molecule has 0 aliphatic rings. The highest BCUT2D eigenvalue weighted by molar-refractivity contribution is 7.86. The number of nitrogens with one attached hydrogen (secondary N) is 1. The van der Waals surface area contributed by atoms with Crippen LogP contribution in [0.3, 0.4) is 0 Å². The van der Waals surface area contributed by atoms with Crippen LogP contribution in [-0.2, 0) is 10.8 Å². The average molecular weight is 235 g/mol. The van der Waals surface area contributed by atoms with Crippen molar-refractivity contribution in [3.05, 3.63) is 0 Å². The third-order valence-electron chi connectivity index (χ3n) is 1.89. The lowest BCUT2D eigenvalue weighted by Crippen LogP contribution is -2.43. The number of hydrogen-bond donors (Lipinski definition) is 2. The molecule has 0 rings (SSSR count). The van der Waals surface area contributed by atoms with Crippen LogP contribution in [-0.4, -0.2) is 38.0 Å². The molecule has 2 N–H and O–H groups in total. The van der Waals surface area contributed by atoms with E-state index in [2.05, 4.69) is 5.32 Å². The van der Waals surface area contributed by atoms with Crippen molar-refractivity contribution in [3.63, 3.8) is 0 Å². The number of aliphatic hydroxyl groups is 1. The van der Waals surface area contributed by atoms with Crippen LogP contribution in [0, 0.1) is 0 Å². The van der Waals surface area contributed by atoms with Crippen LogP contribution < -0.4 is 5.32 Å². The fraction of sp³-hybridized carbons (Fsp3) is 1.00. The van der Waals surface area contributed by atoms with Gasteiger partial charge in [-0.15, -0.1) is 0 Å². The van der Waals surface area contributed by atoms with Gasteiger partial charge in [-0.25, -0.2) is 0 Å². The van der Waals surface area contributed by atoms with Gasteiger partial charge in [0.05, 0.1) is 11.9 Å². The first-order valence-corrected chi connectivity index (χ1v) is 6.66. The van der Waals surface area contributed by atoms with E-state index >= 15 is 0 Å². The summed E-state index contributed by atoms with van der Waals surface area (Å²) in [5.74, 6) is 0.340. The Labute approximate surface area is 96.1 Å². The summed E-state index contributed by atoms with van der Waals surface area (Å²) in [6.45, 7) is 12.4. The van der Waals surface area contributed by atoms with Crippen molar-refractivity contribution in [3.8, 4) is 0 Å². The van der Waals surface area contributed by atoms with Crippen molar-refractivity contribution < 1.29 is 9.32 Å². The Kier molecular flexibility index (Phi) is 5.44. The first-order chi connectivity index (χ1) is 6.52. The van der Waals surface area contributed by atoms with Crippen LogP contribution in [0.4, 0.5) is 0 Å². The van der Waals surface area contributed by atoms with Crippen LogP contribution in [0.25, 0.3) is 0 Å². The highest BCUT2D eigenvalue weighted by Gasteiger charge is 2.22. The van der Waals surface area contributed by atoms with E-state index in [1.807, 2.05) is 41.5 Å². The van der Waals surface area contributed by atoms with Gasteiger partial charge in [-0.2, -0.15) is 0 Å². The lowest BCUT2D eigenvalue weighted by atomic mass is 10.1. The number of hydrogen-bond acceptors (Lipinski definition) is 3. The molecule has 0 bridgehead atoms. The highest BCUT2D eigenvalue weighted by Crippen LogP contribution is 2.12. The summed E-state index contributed by atoms with van der Waals surface area (Å²) < 4.78 is 11.5. The SMILES string of the molecule is CC(C)(C)NCC(O)CS(=O)C(C)(C)C. The van der Waals surface area contributed by atoms with E-state index < -0.39 is 16.9 Å². The summed E-state index contributed by atoms with van der Waals surface area (Å²) >= 11 is 0. The molecule has 0 saturated carbocycles. The largest absolute Gasteiger partial charge is 0.391 e. The first-order valence-electron chi connectivity index (χ1n) is 5.34. The Balaban J connectivity index is 3.95. The van der Waals surface area contributed by atoms with E-state index in [9.17, 15) is 9.32 Å². The molecule has 0 radical (unpaired) electrons. The lowest BCUT2D eigenvalue weighted by molar-refractivity contribution is 0.182. The quantitative estimate of drug-likeness (QED) is 0.772. The topological polar surface area (TPSA) is 49.3 Å². The van der Waals surface area contributed by atoms with E-state index in [-0.39, 0.29) is 10.3 Å². The predicted octanol–water partition coefficient (Wildman–Crippen LogP) is 1.28. The number of rotatable bonds is 4. The molecule has 0 fully saturated rings. The van der Waals surface area contributed by atoms with Gasteiger partial charge in [-0.05, 0) is 41.5 Å². The van der Waals surface area contributed by atoms with Gasteiger partial charge in [0.1, 0.15) is 0 Å². The number of aliphatic hydroxyl groups excluding tert-OH is 1. The molecule has 0 aliphatic carbocycles. The highest BCUT2D eigenvalue weighted by atomic mass is 32.2. The first kappa shape index (κ1) is 15.1. The predicted molar refractivity (Wildman–Crippen MR) is 66.5 cm³/mol. The summed E-state index contributed by atoms with van der Waals surface area (Å²) in [5, 5.41) is 12.9. The van der Waals surface area contributed by atoms with Crippen molar-refractivity contribution in [2.75, 3.05) is 12.3 Å². The van der Waals surface area contributed by atoms with E-state index in [0.29, 0.717) is 12.3 Å². The average Bonchev–Trinajstić information content (AvgIpc) is 1.97. The summed E-state index contributed by atoms with van der Waals surface area (Å²) in [6, 6.07) is 0. The van der Waals surface area contributed by atoms with Gasteiger partial charge in [-0.1, -0.05) is 0 Å². The molecule has 92 valence electrons. The Bertz CT molecular complexity index is 216. The van der Waals surface area contributed by atoms with Gasteiger partial charge < -0.3 is 10.4 Å². The standard InChI is InChI=1S/C11H25NO2S/c1-10(2,3)12-7-9(13)8-15(14)11(4,5)6/h9,12-13H,7-8H2,1-6H3. The molecule has 2 unspecified atom stereocenters. The molecule has 0 saturated heterocycles. The lowest BCUT2D eigenvalue weighted by Gasteiger charge is -2.24. The van der Waals surface area contributed by atoms with E-state index in [1.54, 1.807) is 0 Å². The molecule has 0 aromatic carbocycles. The third kappa shape index (κ3) is 7.94. The van der Waals surface area contributed by atoms with Gasteiger partial charge in [0.25, 0.3) is 0 Å². The van der Waals surface area contributed by atoms with Crippen LogP contribution in [0.15, 0.2) is 0 Å². The van der Waals surface area contributed by atoms with Crippen molar-refractivity contribution in [1.29, 1.82) is 0 Å². The minimum Gasteiger partial charge on any atom is -0.391 e. The van der Waals surface area contributed by atoms with Crippen LogP contribution >= 0.6 is 0 Å². The van der Waals surface area contributed by atoms with Crippen molar-refractivity contribution in [2.45, 2.75) is 57.9 Å². The smallest absolute Gasteiger partial charge is 0.0780 e. The van der Waals surface area contributed by atoms with E-state index in [0.717, 1.165) is 0 Å². The molecule has 15 heavy (non-hydrogen) atoms. The maximum Gasteiger partial charge on any atom is 0.0780 e. The van der Waals surface area contributed by atoms with Gasteiger partial charge in [0, 0.05) is 27.6 Å². The summed E-state index contributed by atoms with van der Waals surface area (Å²) in [7, 11) is -0.986. The molecule has 0 aromatic heterocycles. The van der Waals surface area contributed by atoms with Crippen LogP contribution in [0.5, 0.6) is 0 Å². The minimum absolute atomic E-state index is 0.00972. The van der Waals surface area contributed by atoms with Gasteiger partial charge in [-0.3, -0.25) is 4.21 Å². The molecule has 2 atom stereocenters. The Morgan fingerprint density at radius 1 is 1.20 bits per heavy atom. The van der Waals surface area contributed by atoms with Crippen molar-refractivity contribution in [1.82, 2.24) is 5.32 Å². The van der Waals surface area contributed by atoms with Gasteiger partial charge >= 0.3 is 0 Å². The molecule has 0 amide bonds. The van der Waals surface area contributed by atoms with Crippen LogP contribution in [0.2, 0.25) is 0 Å². The Morgan fingerprint density at radius 2 is 1.67 bits per heavy atom. The molecular formula is C11H25NO2S. The van der Waals surface area contributed by atoms with E-state index in [1.165, 1.54) is 0 Å². The summed E-state index contributed by atoms with van der Waals surface area (Å²) in [4.78, 5) is 0. The monoisotopic (exact) mass is 235 g/mol. The normalized spacial score (nSPS) is 17.5. The van der Waals surface area contributed by atoms with Crippen LogP contribution in [0.1, 0.15) is 41.5 Å². The fourth-order valence-electron chi connectivity index (χ4n) is 0.908. The zero-order chi connectivity index (χ0) is 12.3. The Morgan fingerprint density at radius 3 is 2.00 bits per heavy atom.